The lowest BCUT2D eigenvalue weighted by molar-refractivity contribution is -0.121. The van der Waals surface area contributed by atoms with E-state index in [4.69, 9.17) is 20.8 Å². The molecule has 3 aromatic rings. The molecule has 2 aromatic carbocycles. The summed E-state index contributed by atoms with van der Waals surface area (Å²) in [6.45, 7) is 0.239. The Morgan fingerprint density at radius 1 is 1.25 bits per heavy atom. The molecule has 0 fully saturated rings. The molecule has 1 aromatic heterocycles. The molecule has 1 heterocycles. The third-order valence-electron chi connectivity index (χ3n) is 3.58. The van der Waals surface area contributed by atoms with Crippen molar-refractivity contribution in [3.05, 3.63) is 63.6 Å². The van der Waals surface area contributed by atoms with Crippen molar-refractivity contribution in [1.29, 1.82) is 0 Å². The van der Waals surface area contributed by atoms with Crippen LogP contribution in [0.5, 0.6) is 5.75 Å². The Morgan fingerprint density at radius 2 is 2.00 bits per heavy atom. The summed E-state index contributed by atoms with van der Waals surface area (Å²) in [7, 11) is 1.59. The first-order chi connectivity index (χ1) is 11.6. The number of nitrogens with zero attached hydrogens (tertiary/aromatic N) is 1. The van der Waals surface area contributed by atoms with Crippen LogP contribution < -0.4 is 15.8 Å². The summed E-state index contributed by atoms with van der Waals surface area (Å²) < 4.78 is 11.5. The maximum absolute atomic E-state index is 12.1. The van der Waals surface area contributed by atoms with Gasteiger partial charge in [-0.1, -0.05) is 23.7 Å². The molecule has 1 N–H and O–H groups in total. The minimum absolute atomic E-state index is 0.121. The average molecular weight is 347 g/mol. The van der Waals surface area contributed by atoms with E-state index in [1.54, 1.807) is 25.3 Å². The van der Waals surface area contributed by atoms with Gasteiger partial charge in [0.15, 0.2) is 5.58 Å². The molecule has 0 radical (unpaired) electrons. The second-order valence-electron chi connectivity index (χ2n) is 5.19. The van der Waals surface area contributed by atoms with E-state index in [0.29, 0.717) is 22.7 Å². The number of nitrogens with one attached hydrogen (secondary N) is 1. The second-order valence-corrected chi connectivity index (χ2v) is 5.63. The quantitative estimate of drug-likeness (QED) is 0.770. The van der Waals surface area contributed by atoms with E-state index in [0.717, 1.165) is 11.3 Å². The number of aromatic nitrogens is 1. The third kappa shape index (κ3) is 3.44. The van der Waals surface area contributed by atoms with Crippen molar-refractivity contribution in [2.75, 3.05) is 7.11 Å². The molecule has 0 aliphatic carbocycles. The molecule has 0 saturated carbocycles. The molecule has 0 spiro atoms. The van der Waals surface area contributed by atoms with Gasteiger partial charge in [0, 0.05) is 17.6 Å². The maximum atomic E-state index is 12.1. The topological polar surface area (TPSA) is 73.5 Å². The number of oxazole rings is 1. The Hall–Kier alpha value is -2.73. The van der Waals surface area contributed by atoms with Crippen molar-refractivity contribution in [3.63, 3.8) is 0 Å². The fourth-order valence-corrected chi connectivity index (χ4v) is 2.50. The van der Waals surface area contributed by atoms with E-state index < -0.39 is 5.76 Å². The molecular formula is C17H15ClN2O4. The predicted molar refractivity (Wildman–Crippen MR) is 90.3 cm³/mol. The van der Waals surface area contributed by atoms with Crippen LogP contribution in [0.25, 0.3) is 11.1 Å². The zero-order valence-electron chi connectivity index (χ0n) is 12.9. The summed E-state index contributed by atoms with van der Waals surface area (Å²) in [6, 6.07) is 12.2. The summed E-state index contributed by atoms with van der Waals surface area (Å²) in [4.78, 5) is 24.0. The highest BCUT2D eigenvalue weighted by molar-refractivity contribution is 6.31. The van der Waals surface area contributed by atoms with E-state index in [-0.39, 0.29) is 12.5 Å². The van der Waals surface area contributed by atoms with E-state index in [2.05, 4.69) is 5.32 Å². The SMILES string of the molecule is COc1ccc(CNC(=O)Cn2c(=O)oc3cc(Cl)ccc32)cc1. The van der Waals surface area contributed by atoms with Crippen LogP contribution in [0.15, 0.2) is 51.7 Å². The van der Waals surface area contributed by atoms with E-state index in [9.17, 15) is 9.59 Å². The lowest BCUT2D eigenvalue weighted by atomic mass is 10.2. The first kappa shape index (κ1) is 16.1. The van der Waals surface area contributed by atoms with Gasteiger partial charge in [0.1, 0.15) is 12.3 Å². The van der Waals surface area contributed by atoms with Crippen molar-refractivity contribution in [1.82, 2.24) is 9.88 Å². The fraction of sp³-hybridized carbons (Fsp3) is 0.176. The molecule has 0 saturated heterocycles. The van der Waals surface area contributed by atoms with Crippen LogP contribution in [0.1, 0.15) is 5.56 Å². The molecule has 124 valence electrons. The number of carbonyl (C=O) groups is 1. The lowest BCUT2D eigenvalue weighted by Crippen LogP contribution is -2.30. The van der Waals surface area contributed by atoms with Crippen LogP contribution in [0.4, 0.5) is 0 Å². The van der Waals surface area contributed by atoms with Crippen LogP contribution in [0.3, 0.4) is 0 Å². The molecule has 6 nitrogen and oxygen atoms in total. The van der Waals surface area contributed by atoms with Gasteiger partial charge in [-0.2, -0.15) is 0 Å². The molecule has 0 bridgehead atoms. The molecule has 0 aliphatic heterocycles. The van der Waals surface area contributed by atoms with Gasteiger partial charge in [-0.3, -0.25) is 9.36 Å². The van der Waals surface area contributed by atoms with Gasteiger partial charge in [0.2, 0.25) is 5.91 Å². The highest BCUT2D eigenvalue weighted by Crippen LogP contribution is 2.18. The Kier molecular flexibility index (Phi) is 4.57. The number of fused-ring (bicyclic) bond motifs is 1. The first-order valence-electron chi connectivity index (χ1n) is 7.25. The Bertz CT molecular complexity index is 928. The number of benzene rings is 2. The van der Waals surface area contributed by atoms with Crippen LogP contribution in [-0.4, -0.2) is 17.6 Å². The molecule has 7 heteroatoms. The molecule has 0 atom stereocenters. The zero-order chi connectivity index (χ0) is 17.1. The number of halogens is 1. The van der Waals surface area contributed by atoms with Crippen LogP contribution >= 0.6 is 11.6 Å². The second kappa shape index (κ2) is 6.80. The van der Waals surface area contributed by atoms with E-state index in [1.165, 1.54) is 4.57 Å². The normalized spacial score (nSPS) is 10.8. The molecular weight excluding hydrogens is 332 g/mol. The van der Waals surface area contributed by atoms with Gasteiger partial charge in [-0.25, -0.2) is 4.79 Å². The molecule has 0 unspecified atom stereocenters. The summed E-state index contributed by atoms with van der Waals surface area (Å²) in [5.74, 6) is -0.127. The summed E-state index contributed by atoms with van der Waals surface area (Å²) in [6.07, 6.45) is 0. The average Bonchev–Trinajstić information content (AvgIpc) is 2.88. The number of hydrogen-bond donors (Lipinski definition) is 1. The number of amides is 1. The third-order valence-corrected chi connectivity index (χ3v) is 3.82. The number of ether oxygens (including phenoxy) is 1. The van der Waals surface area contributed by atoms with E-state index >= 15 is 0 Å². The maximum Gasteiger partial charge on any atom is 0.420 e. The Morgan fingerprint density at radius 3 is 2.71 bits per heavy atom. The van der Waals surface area contributed by atoms with Gasteiger partial charge >= 0.3 is 5.76 Å². The van der Waals surface area contributed by atoms with Crippen LogP contribution in [0.2, 0.25) is 5.02 Å². The highest BCUT2D eigenvalue weighted by atomic mass is 35.5. The van der Waals surface area contributed by atoms with Gasteiger partial charge in [0.05, 0.1) is 12.6 Å². The van der Waals surface area contributed by atoms with Gasteiger partial charge in [0.25, 0.3) is 0 Å². The minimum atomic E-state index is -0.591. The smallest absolute Gasteiger partial charge is 0.420 e. The zero-order valence-corrected chi connectivity index (χ0v) is 13.7. The molecule has 24 heavy (non-hydrogen) atoms. The monoisotopic (exact) mass is 346 g/mol. The Labute approximate surface area is 142 Å². The largest absolute Gasteiger partial charge is 0.497 e. The number of hydrogen-bond acceptors (Lipinski definition) is 4. The molecule has 3 rings (SSSR count). The number of methoxy groups -OCH3 is 1. The van der Waals surface area contributed by atoms with E-state index in [1.807, 2.05) is 24.3 Å². The van der Waals surface area contributed by atoms with Crippen molar-refractivity contribution in [2.24, 2.45) is 0 Å². The Balaban J connectivity index is 1.68. The highest BCUT2D eigenvalue weighted by Gasteiger charge is 2.12. The first-order valence-corrected chi connectivity index (χ1v) is 7.63. The summed E-state index contributed by atoms with van der Waals surface area (Å²) in [5, 5.41) is 3.24. The van der Waals surface area contributed by atoms with Crippen molar-refractivity contribution in [2.45, 2.75) is 13.1 Å². The van der Waals surface area contributed by atoms with Crippen LogP contribution in [-0.2, 0) is 17.9 Å². The summed E-state index contributed by atoms with van der Waals surface area (Å²) >= 11 is 5.87. The predicted octanol–water partition coefficient (Wildman–Crippen LogP) is 2.57. The van der Waals surface area contributed by atoms with Crippen molar-refractivity contribution in [3.8, 4) is 5.75 Å². The standard InChI is InChI=1S/C17H15ClN2O4/c1-23-13-5-2-11(3-6-13)9-19-16(21)10-20-14-7-4-12(18)8-15(14)24-17(20)22/h2-8H,9-10H2,1H3,(H,19,21). The molecule has 1 amide bonds. The summed E-state index contributed by atoms with van der Waals surface area (Å²) in [5.41, 5.74) is 1.82. The minimum Gasteiger partial charge on any atom is -0.497 e. The van der Waals surface area contributed by atoms with Crippen molar-refractivity contribution < 1.29 is 13.9 Å². The van der Waals surface area contributed by atoms with Gasteiger partial charge in [-0.05, 0) is 29.8 Å². The number of carbonyl (C=O) groups excluding carboxylic acids is 1. The fourth-order valence-electron chi connectivity index (χ4n) is 2.33. The van der Waals surface area contributed by atoms with Crippen LogP contribution in [0, 0.1) is 0 Å². The lowest BCUT2D eigenvalue weighted by Gasteiger charge is -2.07. The molecule has 0 aliphatic rings. The van der Waals surface area contributed by atoms with Gasteiger partial charge in [-0.15, -0.1) is 0 Å². The van der Waals surface area contributed by atoms with Gasteiger partial charge < -0.3 is 14.5 Å². The number of rotatable bonds is 5. The van der Waals surface area contributed by atoms with Crippen molar-refractivity contribution >= 4 is 28.6 Å².